The molecule has 2 aromatic rings. The number of carbonyl (C=O) groups excluding carboxylic acids is 2. The van der Waals surface area contributed by atoms with Gasteiger partial charge in [0.25, 0.3) is 5.91 Å². The average Bonchev–Trinajstić information content (AvgIpc) is 3.03. The van der Waals surface area contributed by atoms with E-state index in [1.54, 1.807) is 32.4 Å². The Morgan fingerprint density at radius 2 is 1.97 bits per heavy atom. The molecule has 1 N–H and O–H groups in total. The first-order chi connectivity index (χ1) is 15.3. The van der Waals surface area contributed by atoms with Gasteiger partial charge >= 0.3 is 0 Å². The minimum atomic E-state index is -0.555. The molecule has 1 aliphatic heterocycles. The van der Waals surface area contributed by atoms with Gasteiger partial charge in [0.15, 0.2) is 11.5 Å². The van der Waals surface area contributed by atoms with E-state index >= 15 is 0 Å². The molecule has 1 fully saturated rings. The van der Waals surface area contributed by atoms with E-state index in [9.17, 15) is 14.0 Å². The fourth-order valence-corrected chi connectivity index (χ4v) is 4.47. The summed E-state index contributed by atoms with van der Waals surface area (Å²) in [4.78, 5) is 26.9. The van der Waals surface area contributed by atoms with Crippen LogP contribution >= 0.6 is 35.6 Å². The fourth-order valence-electron chi connectivity index (χ4n) is 2.98. The largest absolute Gasteiger partial charge is 0.493 e. The van der Waals surface area contributed by atoms with Crippen molar-refractivity contribution < 1.29 is 23.5 Å². The van der Waals surface area contributed by atoms with Gasteiger partial charge in [-0.25, -0.2) is 4.39 Å². The first kappa shape index (κ1) is 24.0. The number of thioether (sulfide) groups is 1. The van der Waals surface area contributed by atoms with Crippen molar-refractivity contribution >= 4 is 63.5 Å². The van der Waals surface area contributed by atoms with Gasteiger partial charge in [0.1, 0.15) is 10.1 Å². The number of thiocarbonyl (C=S) groups is 1. The molecule has 0 spiro atoms. The minimum absolute atomic E-state index is 0.0679. The number of benzene rings is 2. The Labute approximate surface area is 199 Å². The lowest BCUT2D eigenvalue weighted by Crippen LogP contribution is -2.29. The van der Waals surface area contributed by atoms with Crippen LogP contribution in [0.5, 0.6) is 11.5 Å². The van der Waals surface area contributed by atoms with Crippen LogP contribution in [0.15, 0.2) is 41.3 Å². The maximum atomic E-state index is 13.2. The zero-order valence-electron chi connectivity index (χ0n) is 17.3. The fraction of sp³-hybridized carbons (Fsp3) is 0.227. The van der Waals surface area contributed by atoms with Crippen LogP contribution in [-0.4, -0.2) is 41.8 Å². The summed E-state index contributed by atoms with van der Waals surface area (Å²) in [6.45, 7) is 0.311. The first-order valence-electron chi connectivity index (χ1n) is 9.54. The summed E-state index contributed by atoms with van der Waals surface area (Å²) in [5.74, 6) is 0.128. The maximum absolute atomic E-state index is 13.2. The maximum Gasteiger partial charge on any atom is 0.266 e. The van der Waals surface area contributed by atoms with Crippen molar-refractivity contribution in [3.8, 4) is 11.5 Å². The van der Waals surface area contributed by atoms with Crippen LogP contribution in [0.4, 0.5) is 10.1 Å². The number of rotatable bonds is 8. The number of nitrogens with zero attached hydrogens (tertiary/aromatic N) is 1. The third-order valence-electron chi connectivity index (χ3n) is 4.57. The van der Waals surface area contributed by atoms with Crippen molar-refractivity contribution in [2.24, 2.45) is 0 Å². The van der Waals surface area contributed by atoms with Crippen molar-refractivity contribution in [3.63, 3.8) is 0 Å². The van der Waals surface area contributed by atoms with Crippen molar-refractivity contribution in [1.29, 1.82) is 0 Å². The summed E-state index contributed by atoms with van der Waals surface area (Å²) < 4.78 is 24.2. The smallest absolute Gasteiger partial charge is 0.266 e. The molecule has 2 amide bonds. The number of hydrogen-bond donors (Lipinski definition) is 1. The summed E-state index contributed by atoms with van der Waals surface area (Å²) >= 11 is 12.3. The number of amides is 2. The van der Waals surface area contributed by atoms with Gasteiger partial charge in [-0.2, -0.15) is 0 Å². The van der Waals surface area contributed by atoms with Crippen molar-refractivity contribution in [3.05, 3.63) is 57.7 Å². The molecule has 0 atom stereocenters. The number of carbonyl (C=O) groups is 2. The highest BCUT2D eigenvalue weighted by molar-refractivity contribution is 8.26. The number of nitrogens with one attached hydrogen (secondary N) is 1. The normalized spacial score (nSPS) is 14.8. The molecule has 3 rings (SSSR count). The number of halogens is 2. The van der Waals surface area contributed by atoms with Gasteiger partial charge < -0.3 is 14.8 Å². The predicted octanol–water partition coefficient (Wildman–Crippen LogP) is 5.12. The second-order valence-corrected chi connectivity index (χ2v) is 8.81. The molecule has 1 saturated heterocycles. The Hall–Kier alpha value is -2.62. The van der Waals surface area contributed by atoms with E-state index in [0.717, 1.165) is 5.56 Å². The van der Waals surface area contributed by atoms with Gasteiger partial charge in [0.05, 0.1) is 24.1 Å². The molecule has 32 heavy (non-hydrogen) atoms. The van der Waals surface area contributed by atoms with Crippen LogP contribution in [0.25, 0.3) is 6.08 Å². The third-order valence-corrected chi connectivity index (χ3v) is 6.24. The van der Waals surface area contributed by atoms with Crippen LogP contribution in [0, 0.1) is 5.82 Å². The van der Waals surface area contributed by atoms with Gasteiger partial charge in [-0.05, 0) is 48.4 Å². The lowest BCUT2D eigenvalue weighted by Gasteiger charge is -2.14. The minimum Gasteiger partial charge on any atom is -0.493 e. The van der Waals surface area contributed by atoms with E-state index in [4.69, 9.17) is 33.3 Å². The second kappa shape index (κ2) is 10.8. The number of methoxy groups -OCH3 is 2. The third kappa shape index (κ3) is 5.79. The number of ether oxygens (including phenoxy) is 2. The lowest BCUT2D eigenvalue weighted by molar-refractivity contribution is -0.122. The van der Waals surface area contributed by atoms with E-state index < -0.39 is 5.82 Å². The Kier molecular flexibility index (Phi) is 8.11. The number of hydrogen-bond acceptors (Lipinski definition) is 6. The molecule has 2 aromatic carbocycles. The molecule has 1 heterocycles. The van der Waals surface area contributed by atoms with Crippen LogP contribution in [-0.2, 0) is 9.59 Å². The van der Waals surface area contributed by atoms with Gasteiger partial charge in [-0.3, -0.25) is 14.5 Å². The summed E-state index contributed by atoms with van der Waals surface area (Å²) in [6.07, 6.45) is 2.32. The first-order valence-corrected chi connectivity index (χ1v) is 11.1. The topological polar surface area (TPSA) is 67.9 Å². The van der Waals surface area contributed by atoms with Gasteiger partial charge in [-0.1, -0.05) is 41.6 Å². The molecule has 6 nitrogen and oxygen atoms in total. The molecular weight excluding hydrogens is 475 g/mol. The Morgan fingerprint density at radius 1 is 1.22 bits per heavy atom. The zero-order valence-corrected chi connectivity index (χ0v) is 19.7. The Balaban J connectivity index is 1.57. The van der Waals surface area contributed by atoms with E-state index in [2.05, 4.69) is 5.32 Å². The molecule has 0 aromatic heterocycles. The summed E-state index contributed by atoms with van der Waals surface area (Å²) in [6, 6.07) is 9.31. The molecular formula is C22H20ClFN2O4S2. The Bertz CT molecular complexity index is 1090. The summed E-state index contributed by atoms with van der Waals surface area (Å²) in [7, 11) is 3.10. The van der Waals surface area contributed by atoms with Crippen LogP contribution in [0.3, 0.4) is 0 Å². The Morgan fingerprint density at radius 3 is 2.66 bits per heavy atom. The van der Waals surface area contributed by atoms with Gasteiger partial charge in [0.2, 0.25) is 5.91 Å². The van der Waals surface area contributed by atoms with Crippen molar-refractivity contribution in [2.75, 3.05) is 26.1 Å². The highest BCUT2D eigenvalue weighted by Crippen LogP contribution is 2.34. The SMILES string of the molecule is COc1ccc(C=C2SC(=S)N(CCCC(=O)Nc3ccc(F)c(Cl)c3)C2=O)cc1OC. The standard InChI is InChI=1S/C22H20ClFN2O4S2/c1-29-17-8-5-13(10-18(17)30-2)11-19-21(28)26(22(31)32-19)9-3-4-20(27)25-14-6-7-16(24)15(23)12-14/h5-8,10-12H,3-4,9H2,1-2H3,(H,25,27). The molecule has 0 saturated carbocycles. The van der Waals surface area contributed by atoms with Crippen molar-refractivity contribution in [1.82, 2.24) is 4.90 Å². The molecule has 168 valence electrons. The second-order valence-electron chi connectivity index (χ2n) is 6.73. The van der Waals surface area contributed by atoms with Crippen LogP contribution in [0.2, 0.25) is 5.02 Å². The van der Waals surface area contributed by atoms with Crippen molar-refractivity contribution in [2.45, 2.75) is 12.8 Å². The number of anilines is 1. The van der Waals surface area contributed by atoms with Crippen LogP contribution < -0.4 is 14.8 Å². The molecule has 0 aliphatic carbocycles. The zero-order chi connectivity index (χ0) is 23.3. The van der Waals surface area contributed by atoms with E-state index in [-0.39, 0.29) is 23.3 Å². The van der Waals surface area contributed by atoms with Gasteiger partial charge in [0, 0.05) is 18.7 Å². The van der Waals surface area contributed by atoms with Gasteiger partial charge in [-0.15, -0.1) is 0 Å². The van der Waals surface area contributed by atoms with E-state index in [0.29, 0.717) is 39.4 Å². The highest BCUT2D eigenvalue weighted by atomic mass is 35.5. The lowest BCUT2D eigenvalue weighted by atomic mass is 10.2. The molecule has 0 bridgehead atoms. The average molecular weight is 495 g/mol. The van der Waals surface area contributed by atoms with Crippen LogP contribution in [0.1, 0.15) is 18.4 Å². The van der Waals surface area contributed by atoms with E-state index in [1.807, 2.05) is 6.07 Å². The molecule has 1 aliphatic rings. The monoisotopic (exact) mass is 494 g/mol. The highest BCUT2D eigenvalue weighted by Gasteiger charge is 2.31. The predicted molar refractivity (Wildman–Crippen MR) is 129 cm³/mol. The molecule has 10 heteroatoms. The summed E-state index contributed by atoms with van der Waals surface area (Å²) in [5.41, 5.74) is 1.19. The van der Waals surface area contributed by atoms with E-state index in [1.165, 1.54) is 34.9 Å². The quantitative estimate of drug-likeness (QED) is 0.406. The molecule has 0 unspecified atom stereocenters. The molecule has 0 radical (unpaired) electrons. The summed E-state index contributed by atoms with van der Waals surface area (Å²) in [5, 5.41) is 2.59.